The van der Waals surface area contributed by atoms with E-state index in [-0.39, 0.29) is 0 Å². The zero-order valence-corrected chi connectivity index (χ0v) is 13.4. The van der Waals surface area contributed by atoms with Crippen LogP contribution >= 0.6 is 15.9 Å². The molecule has 0 radical (unpaired) electrons. The highest BCUT2D eigenvalue weighted by Crippen LogP contribution is 2.22. The van der Waals surface area contributed by atoms with E-state index in [0.29, 0.717) is 0 Å². The number of aryl methyl sites for hydroxylation is 2. The Morgan fingerprint density at radius 2 is 2.17 bits per heavy atom. The van der Waals surface area contributed by atoms with E-state index in [1.165, 1.54) is 31.7 Å². The molecule has 0 spiro atoms. The molecule has 1 saturated heterocycles. The average Bonchev–Trinajstić information content (AvgIpc) is 2.78. The van der Waals surface area contributed by atoms with Gasteiger partial charge in [0.05, 0.1) is 15.9 Å². The zero-order chi connectivity index (χ0) is 13.3. The molecule has 1 aliphatic heterocycles. The summed E-state index contributed by atoms with van der Waals surface area (Å²) in [7, 11) is 6.43. The maximum Gasteiger partial charge on any atom is 0.0739 e. The van der Waals surface area contributed by atoms with Crippen LogP contribution in [0.25, 0.3) is 0 Å². The van der Waals surface area contributed by atoms with Gasteiger partial charge in [-0.25, -0.2) is 0 Å². The highest BCUT2D eigenvalue weighted by atomic mass is 79.9. The van der Waals surface area contributed by atoms with Crippen LogP contribution in [0.3, 0.4) is 0 Å². The lowest BCUT2D eigenvalue weighted by atomic mass is 10.1. The molecule has 18 heavy (non-hydrogen) atoms. The maximum absolute atomic E-state index is 4.44. The van der Waals surface area contributed by atoms with Crippen molar-refractivity contribution in [2.45, 2.75) is 19.9 Å². The first-order valence-electron chi connectivity index (χ1n) is 6.52. The third-order valence-electron chi connectivity index (χ3n) is 3.74. The summed E-state index contributed by atoms with van der Waals surface area (Å²) >= 11 is 3.63. The Morgan fingerprint density at radius 1 is 1.44 bits per heavy atom. The van der Waals surface area contributed by atoms with Crippen LogP contribution in [0.1, 0.15) is 17.8 Å². The summed E-state index contributed by atoms with van der Waals surface area (Å²) in [5.41, 5.74) is 2.34. The lowest BCUT2D eigenvalue weighted by Gasteiger charge is -2.21. The first kappa shape index (κ1) is 14.0. The van der Waals surface area contributed by atoms with Gasteiger partial charge < -0.3 is 9.80 Å². The van der Waals surface area contributed by atoms with Gasteiger partial charge in [-0.05, 0) is 55.8 Å². The van der Waals surface area contributed by atoms with E-state index >= 15 is 0 Å². The van der Waals surface area contributed by atoms with Gasteiger partial charge in [0, 0.05) is 26.7 Å². The van der Waals surface area contributed by atoms with Crippen LogP contribution in [0.4, 0.5) is 0 Å². The molecule has 0 N–H and O–H groups in total. The monoisotopic (exact) mass is 314 g/mol. The Balaban J connectivity index is 1.92. The molecule has 0 aromatic carbocycles. The van der Waals surface area contributed by atoms with E-state index in [1.807, 2.05) is 18.7 Å². The molecule has 5 heteroatoms. The van der Waals surface area contributed by atoms with Gasteiger partial charge in [-0.2, -0.15) is 5.10 Å². The van der Waals surface area contributed by atoms with Crippen LogP contribution in [0.5, 0.6) is 0 Å². The molecule has 0 aliphatic carbocycles. The van der Waals surface area contributed by atoms with Crippen molar-refractivity contribution >= 4 is 15.9 Å². The quantitative estimate of drug-likeness (QED) is 0.848. The third kappa shape index (κ3) is 3.13. The Kier molecular flexibility index (Phi) is 4.45. The largest absolute Gasteiger partial charge is 0.306 e. The number of hydrogen-bond acceptors (Lipinski definition) is 3. The Morgan fingerprint density at radius 3 is 2.67 bits per heavy atom. The Bertz CT molecular complexity index is 415. The topological polar surface area (TPSA) is 24.3 Å². The minimum atomic E-state index is 0.813. The summed E-state index contributed by atoms with van der Waals surface area (Å²) in [6, 6.07) is 0. The number of nitrogens with zero attached hydrogens (tertiary/aromatic N) is 4. The molecule has 102 valence electrons. The second-order valence-electron chi connectivity index (χ2n) is 5.58. The van der Waals surface area contributed by atoms with Gasteiger partial charge >= 0.3 is 0 Å². The second-order valence-corrected chi connectivity index (χ2v) is 6.38. The fourth-order valence-electron chi connectivity index (χ4n) is 2.79. The van der Waals surface area contributed by atoms with E-state index in [9.17, 15) is 0 Å². The van der Waals surface area contributed by atoms with Gasteiger partial charge in [-0.1, -0.05) is 0 Å². The smallest absolute Gasteiger partial charge is 0.0739 e. The molecule has 1 fully saturated rings. The predicted octanol–water partition coefficient (Wildman–Crippen LogP) is 1.87. The van der Waals surface area contributed by atoms with Crippen LogP contribution < -0.4 is 0 Å². The van der Waals surface area contributed by atoms with Crippen LogP contribution in [-0.2, 0) is 13.6 Å². The Hall–Kier alpha value is -0.390. The van der Waals surface area contributed by atoms with E-state index in [4.69, 9.17) is 0 Å². The highest BCUT2D eigenvalue weighted by molar-refractivity contribution is 9.10. The van der Waals surface area contributed by atoms with Crippen molar-refractivity contribution in [1.82, 2.24) is 19.6 Å². The van der Waals surface area contributed by atoms with Crippen LogP contribution in [-0.4, -0.2) is 53.3 Å². The van der Waals surface area contributed by atoms with E-state index < -0.39 is 0 Å². The molecule has 1 aromatic rings. The van der Waals surface area contributed by atoms with E-state index in [2.05, 4.69) is 44.9 Å². The summed E-state index contributed by atoms with van der Waals surface area (Å²) in [5, 5.41) is 4.44. The van der Waals surface area contributed by atoms with Gasteiger partial charge in [0.1, 0.15) is 0 Å². The van der Waals surface area contributed by atoms with Gasteiger partial charge in [-0.3, -0.25) is 4.68 Å². The van der Waals surface area contributed by atoms with Crippen molar-refractivity contribution < 1.29 is 0 Å². The lowest BCUT2D eigenvalue weighted by Crippen LogP contribution is -2.28. The lowest BCUT2D eigenvalue weighted by molar-refractivity contribution is 0.261. The van der Waals surface area contributed by atoms with Gasteiger partial charge in [0.25, 0.3) is 0 Å². The average molecular weight is 315 g/mol. The molecule has 2 heterocycles. The van der Waals surface area contributed by atoms with Crippen molar-refractivity contribution in [3.8, 4) is 0 Å². The van der Waals surface area contributed by atoms with Crippen molar-refractivity contribution in [2.75, 3.05) is 33.7 Å². The predicted molar refractivity (Wildman–Crippen MR) is 77.6 cm³/mol. The molecule has 4 nitrogen and oxygen atoms in total. The van der Waals surface area contributed by atoms with Gasteiger partial charge in [0.15, 0.2) is 0 Å². The number of halogens is 1. The van der Waals surface area contributed by atoms with Crippen molar-refractivity contribution in [3.63, 3.8) is 0 Å². The molecular formula is C13H23BrN4. The first-order valence-corrected chi connectivity index (χ1v) is 7.31. The first-order chi connectivity index (χ1) is 8.47. The summed E-state index contributed by atoms with van der Waals surface area (Å²) in [4.78, 5) is 4.83. The molecule has 1 aliphatic rings. The maximum atomic E-state index is 4.44. The molecule has 0 amide bonds. The number of aromatic nitrogens is 2. The minimum Gasteiger partial charge on any atom is -0.306 e. The van der Waals surface area contributed by atoms with Crippen LogP contribution in [0.2, 0.25) is 0 Å². The summed E-state index contributed by atoms with van der Waals surface area (Å²) < 4.78 is 3.14. The highest BCUT2D eigenvalue weighted by Gasteiger charge is 2.21. The summed E-state index contributed by atoms with van der Waals surface area (Å²) in [6.07, 6.45) is 1.33. The van der Waals surface area contributed by atoms with Crippen molar-refractivity contribution in [3.05, 3.63) is 15.9 Å². The molecule has 0 bridgehead atoms. The molecule has 1 atom stereocenters. The van der Waals surface area contributed by atoms with Crippen LogP contribution in [0, 0.1) is 12.8 Å². The third-order valence-corrected chi connectivity index (χ3v) is 4.77. The van der Waals surface area contributed by atoms with Gasteiger partial charge in [0.2, 0.25) is 0 Å². The van der Waals surface area contributed by atoms with E-state index in [1.54, 1.807) is 0 Å². The summed E-state index contributed by atoms with van der Waals surface area (Å²) in [5.74, 6) is 0.813. The van der Waals surface area contributed by atoms with Gasteiger partial charge in [-0.15, -0.1) is 0 Å². The fraction of sp³-hybridized carbons (Fsp3) is 0.769. The van der Waals surface area contributed by atoms with Crippen molar-refractivity contribution in [1.29, 1.82) is 0 Å². The standard InChI is InChI=1S/C13H23BrN4/c1-10-13(14)12(18(4)15-10)9-17(3)8-11-5-6-16(2)7-11/h11H,5-9H2,1-4H3. The Labute approximate surface area is 118 Å². The number of rotatable bonds is 4. The summed E-state index contributed by atoms with van der Waals surface area (Å²) in [6.45, 7) is 6.64. The molecule has 0 saturated carbocycles. The van der Waals surface area contributed by atoms with Crippen LogP contribution in [0.15, 0.2) is 4.47 Å². The molecular weight excluding hydrogens is 292 g/mol. The number of hydrogen-bond donors (Lipinski definition) is 0. The number of likely N-dealkylation sites (tertiary alicyclic amines) is 1. The molecule has 1 aromatic heterocycles. The minimum absolute atomic E-state index is 0.813. The second kappa shape index (κ2) is 5.72. The van der Waals surface area contributed by atoms with E-state index in [0.717, 1.165) is 22.6 Å². The van der Waals surface area contributed by atoms with Crippen molar-refractivity contribution in [2.24, 2.45) is 13.0 Å². The molecule has 1 unspecified atom stereocenters. The SMILES string of the molecule is Cc1nn(C)c(CN(C)CC2CCN(C)C2)c1Br. The molecule has 2 rings (SSSR count). The fourth-order valence-corrected chi connectivity index (χ4v) is 3.25. The zero-order valence-electron chi connectivity index (χ0n) is 11.8. The normalized spacial score (nSPS) is 21.1.